The predicted octanol–water partition coefficient (Wildman–Crippen LogP) is 4.40. The molecule has 0 N–H and O–H groups in total. The number of rotatable bonds is 4. The van der Waals surface area contributed by atoms with E-state index in [4.69, 9.17) is 4.74 Å². The van der Waals surface area contributed by atoms with Gasteiger partial charge in [-0.25, -0.2) is 0 Å². The van der Waals surface area contributed by atoms with Crippen LogP contribution >= 0.6 is 15.9 Å². The Balaban J connectivity index is 2.50. The van der Waals surface area contributed by atoms with Crippen LogP contribution in [0.3, 0.4) is 0 Å². The molecule has 0 fully saturated rings. The number of hydrogen-bond acceptors (Lipinski definition) is 1. The molecule has 0 saturated carbocycles. The minimum absolute atomic E-state index is 0.337. The van der Waals surface area contributed by atoms with Crippen LogP contribution in [0.4, 0.5) is 0 Å². The van der Waals surface area contributed by atoms with Gasteiger partial charge in [-0.15, -0.1) is 0 Å². The minimum Gasteiger partial charge on any atom is -0.493 e. The van der Waals surface area contributed by atoms with Gasteiger partial charge in [0.15, 0.2) is 0 Å². The van der Waals surface area contributed by atoms with E-state index >= 15 is 0 Å². The SMILES string of the molecule is CC(C)(C)CCOc1ccccc1CBr. The van der Waals surface area contributed by atoms with Crippen LogP contribution in [0.5, 0.6) is 5.75 Å². The van der Waals surface area contributed by atoms with Crippen molar-refractivity contribution < 1.29 is 4.74 Å². The summed E-state index contributed by atoms with van der Waals surface area (Å²) in [4.78, 5) is 0. The molecule has 0 unspecified atom stereocenters. The summed E-state index contributed by atoms with van der Waals surface area (Å²) in [5, 5.41) is 0.846. The molecule has 0 aliphatic carbocycles. The maximum atomic E-state index is 5.77. The number of hydrogen-bond donors (Lipinski definition) is 0. The Kier molecular flexibility index (Phi) is 4.65. The first-order valence-electron chi connectivity index (χ1n) is 5.29. The molecule has 2 heteroatoms. The molecule has 0 atom stereocenters. The van der Waals surface area contributed by atoms with Crippen molar-refractivity contribution in [2.45, 2.75) is 32.5 Å². The molecule has 0 aliphatic heterocycles. The lowest BCUT2D eigenvalue weighted by Crippen LogP contribution is -2.11. The van der Waals surface area contributed by atoms with Crippen LogP contribution in [0.15, 0.2) is 24.3 Å². The summed E-state index contributed by atoms with van der Waals surface area (Å²) in [6.45, 7) is 7.47. The van der Waals surface area contributed by atoms with E-state index in [1.165, 1.54) is 5.56 Å². The van der Waals surface area contributed by atoms with Crippen molar-refractivity contribution in [1.29, 1.82) is 0 Å². The Hall–Kier alpha value is -0.500. The monoisotopic (exact) mass is 270 g/mol. The average Bonchev–Trinajstić information content (AvgIpc) is 2.16. The van der Waals surface area contributed by atoms with E-state index in [-0.39, 0.29) is 0 Å². The topological polar surface area (TPSA) is 9.23 Å². The van der Waals surface area contributed by atoms with Gasteiger partial charge in [0, 0.05) is 10.9 Å². The zero-order chi connectivity index (χ0) is 11.3. The van der Waals surface area contributed by atoms with Crippen LogP contribution in [0, 0.1) is 5.41 Å². The molecule has 0 amide bonds. The molecule has 1 aromatic carbocycles. The molecule has 1 aromatic rings. The first-order chi connectivity index (χ1) is 7.03. The molecular weight excluding hydrogens is 252 g/mol. The van der Waals surface area contributed by atoms with Crippen LogP contribution in [-0.2, 0) is 5.33 Å². The van der Waals surface area contributed by atoms with Gasteiger partial charge < -0.3 is 4.74 Å². The average molecular weight is 271 g/mol. The van der Waals surface area contributed by atoms with Crippen molar-refractivity contribution >= 4 is 15.9 Å². The Labute approximate surface area is 101 Å². The molecule has 0 saturated heterocycles. The van der Waals surface area contributed by atoms with Gasteiger partial charge in [-0.3, -0.25) is 0 Å². The molecule has 15 heavy (non-hydrogen) atoms. The predicted molar refractivity (Wildman–Crippen MR) is 68.6 cm³/mol. The second kappa shape index (κ2) is 5.55. The Bertz CT molecular complexity index is 302. The highest BCUT2D eigenvalue weighted by Gasteiger charge is 2.10. The molecule has 84 valence electrons. The Morgan fingerprint density at radius 1 is 1.20 bits per heavy atom. The van der Waals surface area contributed by atoms with Gasteiger partial charge in [-0.1, -0.05) is 54.9 Å². The molecule has 0 bridgehead atoms. The van der Waals surface area contributed by atoms with Crippen LogP contribution < -0.4 is 4.74 Å². The lowest BCUT2D eigenvalue weighted by molar-refractivity contribution is 0.242. The fourth-order valence-electron chi connectivity index (χ4n) is 1.22. The van der Waals surface area contributed by atoms with Crippen LogP contribution in [-0.4, -0.2) is 6.61 Å². The van der Waals surface area contributed by atoms with Gasteiger partial charge in [0.25, 0.3) is 0 Å². The van der Waals surface area contributed by atoms with Gasteiger partial charge in [-0.05, 0) is 17.9 Å². The van der Waals surface area contributed by atoms with E-state index in [1.807, 2.05) is 18.2 Å². The molecule has 0 heterocycles. The van der Waals surface area contributed by atoms with E-state index < -0.39 is 0 Å². The van der Waals surface area contributed by atoms with Crippen LogP contribution in [0.25, 0.3) is 0 Å². The van der Waals surface area contributed by atoms with E-state index in [1.54, 1.807) is 0 Å². The fraction of sp³-hybridized carbons (Fsp3) is 0.538. The number of para-hydroxylation sites is 1. The normalized spacial score (nSPS) is 11.5. The third-order valence-electron chi connectivity index (χ3n) is 2.23. The first-order valence-corrected chi connectivity index (χ1v) is 6.42. The number of alkyl halides is 1. The lowest BCUT2D eigenvalue weighted by atomic mass is 9.93. The van der Waals surface area contributed by atoms with Gasteiger partial charge in [0.2, 0.25) is 0 Å². The Morgan fingerprint density at radius 2 is 1.87 bits per heavy atom. The summed E-state index contributed by atoms with van der Waals surface area (Å²) >= 11 is 3.46. The summed E-state index contributed by atoms with van der Waals surface area (Å²) in [5.41, 5.74) is 1.55. The van der Waals surface area contributed by atoms with E-state index in [2.05, 4.69) is 42.8 Å². The van der Waals surface area contributed by atoms with Gasteiger partial charge in [0.05, 0.1) is 6.61 Å². The third kappa shape index (κ3) is 4.70. The highest BCUT2D eigenvalue weighted by atomic mass is 79.9. The standard InChI is InChI=1S/C13H19BrO/c1-13(2,3)8-9-15-12-7-5-4-6-11(12)10-14/h4-7H,8-10H2,1-3H3. The highest BCUT2D eigenvalue weighted by Crippen LogP contribution is 2.23. The van der Waals surface area contributed by atoms with Crippen molar-refractivity contribution in [2.24, 2.45) is 5.41 Å². The summed E-state index contributed by atoms with van der Waals surface area (Å²) in [6.07, 6.45) is 1.07. The number of halogens is 1. The van der Waals surface area contributed by atoms with Crippen molar-refractivity contribution in [3.05, 3.63) is 29.8 Å². The molecule has 1 rings (SSSR count). The Morgan fingerprint density at radius 3 is 2.47 bits per heavy atom. The van der Waals surface area contributed by atoms with Crippen molar-refractivity contribution in [3.8, 4) is 5.75 Å². The first kappa shape index (κ1) is 12.6. The van der Waals surface area contributed by atoms with Crippen LogP contribution in [0.1, 0.15) is 32.8 Å². The maximum Gasteiger partial charge on any atom is 0.123 e. The largest absolute Gasteiger partial charge is 0.493 e. The molecule has 0 radical (unpaired) electrons. The second-order valence-corrected chi connectivity index (χ2v) is 5.46. The van der Waals surface area contributed by atoms with Gasteiger partial charge in [0.1, 0.15) is 5.75 Å². The summed E-state index contributed by atoms with van der Waals surface area (Å²) < 4.78 is 5.77. The van der Waals surface area contributed by atoms with Crippen LogP contribution in [0.2, 0.25) is 0 Å². The maximum absolute atomic E-state index is 5.77. The van der Waals surface area contributed by atoms with Crippen molar-refractivity contribution in [1.82, 2.24) is 0 Å². The lowest BCUT2D eigenvalue weighted by Gasteiger charge is -2.18. The summed E-state index contributed by atoms with van der Waals surface area (Å²) in [7, 11) is 0. The summed E-state index contributed by atoms with van der Waals surface area (Å²) in [6, 6.07) is 8.16. The molecular formula is C13H19BrO. The van der Waals surface area contributed by atoms with Gasteiger partial charge in [-0.2, -0.15) is 0 Å². The van der Waals surface area contributed by atoms with E-state index in [0.29, 0.717) is 5.41 Å². The smallest absolute Gasteiger partial charge is 0.123 e. The number of benzene rings is 1. The van der Waals surface area contributed by atoms with Gasteiger partial charge >= 0.3 is 0 Å². The number of ether oxygens (including phenoxy) is 1. The molecule has 0 aromatic heterocycles. The van der Waals surface area contributed by atoms with Crippen molar-refractivity contribution in [2.75, 3.05) is 6.61 Å². The summed E-state index contributed by atoms with van der Waals surface area (Å²) in [5.74, 6) is 0.999. The van der Waals surface area contributed by atoms with Crippen molar-refractivity contribution in [3.63, 3.8) is 0 Å². The second-order valence-electron chi connectivity index (χ2n) is 4.90. The molecule has 1 nitrogen and oxygen atoms in total. The van der Waals surface area contributed by atoms with E-state index in [0.717, 1.165) is 24.1 Å². The quantitative estimate of drug-likeness (QED) is 0.738. The minimum atomic E-state index is 0.337. The third-order valence-corrected chi connectivity index (χ3v) is 2.83. The zero-order valence-corrected chi connectivity index (χ0v) is 11.3. The van der Waals surface area contributed by atoms with E-state index in [9.17, 15) is 0 Å². The molecule has 0 aliphatic rings. The molecule has 0 spiro atoms. The highest BCUT2D eigenvalue weighted by molar-refractivity contribution is 9.08. The fourth-order valence-corrected chi connectivity index (χ4v) is 1.69. The zero-order valence-electron chi connectivity index (χ0n) is 9.72.